The summed E-state index contributed by atoms with van der Waals surface area (Å²) in [5, 5.41) is 2.56. The maximum absolute atomic E-state index is 13.1. The van der Waals surface area contributed by atoms with Gasteiger partial charge in [0.15, 0.2) is 11.5 Å². The third-order valence-corrected chi connectivity index (χ3v) is 5.46. The van der Waals surface area contributed by atoms with Gasteiger partial charge in [-0.3, -0.25) is 14.9 Å². The molecule has 0 spiro atoms. The number of hydrogen-bond acceptors (Lipinski definition) is 5. The van der Waals surface area contributed by atoms with Crippen LogP contribution in [0.5, 0.6) is 11.5 Å². The van der Waals surface area contributed by atoms with Crippen LogP contribution in [0.1, 0.15) is 23.6 Å². The number of imide groups is 2. The Balaban J connectivity index is 1.61. The van der Waals surface area contributed by atoms with Gasteiger partial charge in [0.05, 0.1) is 12.3 Å². The molecule has 0 bridgehead atoms. The van der Waals surface area contributed by atoms with Crippen molar-refractivity contribution in [2.75, 3.05) is 11.5 Å². The van der Waals surface area contributed by atoms with Crippen LogP contribution in [-0.2, 0) is 16.2 Å². The predicted octanol–water partition coefficient (Wildman–Crippen LogP) is 5.29. The number of benzene rings is 3. The molecule has 0 radical (unpaired) electrons. The zero-order valence-electron chi connectivity index (χ0n) is 19.2. The molecule has 4 amide bonds. The van der Waals surface area contributed by atoms with Crippen molar-refractivity contribution >= 4 is 41.2 Å². The molecule has 0 saturated carbocycles. The van der Waals surface area contributed by atoms with Crippen molar-refractivity contribution in [1.82, 2.24) is 5.32 Å². The van der Waals surface area contributed by atoms with Crippen molar-refractivity contribution in [3.05, 3.63) is 94.0 Å². The first-order chi connectivity index (χ1) is 16.9. The number of amides is 4. The topological polar surface area (TPSA) is 84.9 Å². The average Bonchev–Trinajstić information content (AvgIpc) is 2.81. The van der Waals surface area contributed by atoms with Gasteiger partial charge in [-0.2, -0.15) is 0 Å². The highest BCUT2D eigenvalue weighted by molar-refractivity contribution is 6.39. The fraction of sp³-hybridized carbons (Fsp3) is 0.148. The number of nitrogens with one attached hydrogen (secondary N) is 1. The van der Waals surface area contributed by atoms with Crippen molar-refractivity contribution < 1.29 is 23.9 Å². The van der Waals surface area contributed by atoms with E-state index in [1.165, 1.54) is 12.1 Å². The normalized spacial score (nSPS) is 14.8. The molecule has 7 nitrogen and oxygen atoms in total. The molecule has 1 aliphatic heterocycles. The molecule has 0 atom stereocenters. The summed E-state index contributed by atoms with van der Waals surface area (Å²) in [6.45, 7) is 4.63. The van der Waals surface area contributed by atoms with Crippen LogP contribution in [0.25, 0.3) is 6.08 Å². The third-order valence-electron chi connectivity index (χ3n) is 5.22. The molecule has 1 fully saturated rings. The molecular weight excluding hydrogens is 468 g/mol. The Kier molecular flexibility index (Phi) is 7.17. The molecule has 3 aromatic carbocycles. The lowest BCUT2D eigenvalue weighted by atomic mass is 10.1. The Morgan fingerprint density at radius 3 is 2.49 bits per heavy atom. The second kappa shape index (κ2) is 10.4. The van der Waals surface area contributed by atoms with E-state index in [4.69, 9.17) is 21.1 Å². The minimum atomic E-state index is -0.839. The van der Waals surface area contributed by atoms with Crippen molar-refractivity contribution in [3.63, 3.8) is 0 Å². The Morgan fingerprint density at radius 2 is 1.74 bits per heavy atom. The molecule has 4 rings (SSSR count). The zero-order chi connectivity index (χ0) is 24.9. The summed E-state index contributed by atoms with van der Waals surface area (Å²) in [5.74, 6) is -0.527. The van der Waals surface area contributed by atoms with E-state index in [1.54, 1.807) is 36.4 Å². The standard InChI is InChI=1S/C27H23ClN2O5/c1-3-34-24-14-18(10-11-23(24)35-16-19-7-4-6-17(2)12-19)13-22-25(31)29-27(33)30(26(22)32)21-9-5-8-20(28)15-21/h4-15H,3,16H2,1-2H3,(H,29,31,33)/b22-13+. The monoisotopic (exact) mass is 490 g/mol. The number of urea groups is 1. The Labute approximate surface area is 207 Å². The van der Waals surface area contributed by atoms with Crippen LogP contribution in [0.3, 0.4) is 0 Å². The van der Waals surface area contributed by atoms with E-state index in [-0.39, 0.29) is 11.3 Å². The van der Waals surface area contributed by atoms with Gasteiger partial charge in [0, 0.05) is 5.02 Å². The third kappa shape index (κ3) is 5.53. The summed E-state index contributed by atoms with van der Waals surface area (Å²) >= 11 is 6.01. The van der Waals surface area contributed by atoms with Gasteiger partial charge in [-0.25, -0.2) is 9.69 Å². The lowest BCUT2D eigenvalue weighted by molar-refractivity contribution is -0.122. The van der Waals surface area contributed by atoms with Crippen LogP contribution < -0.4 is 19.7 Å². The fourth-order valence-corrected chi connectivity index (χ4v) is 3.82. The number of halogens is 1. The van der Waals surface area contributed by atoms with E-state index in [0.29, 0.717) is 35.3 Å². The van der Waals surface area contributed by atoms with Crippen LogP contribution in [0, 0.1) is 6.92 Å². The minimum Gasteiger partial charge on any atom is -0.490 e. The molecule has 8 heteroatoms. The van der Waals surface area contributed by atoms with Crippen molar-refractivity contribution in [2.24, 2.45) is 0 Å². The Hall–Kier alpha value is -4.10. The van der Waals surface area contributed by atoms with Gasteiger partial charge >= 0.3 is 6.03 Å². The fourth-order valence-electron chi connectivity index (χ4n) is 3.64. The summed E-state index contributed by atoms with van der Waals surface area (Å²) in [7, 11) is 0. The summed E-state index contributed by atoms with van der Waals surface area (Å²) in [4.78, 5) is 38.9. The maximum atomic E-state index is 13.1. The largest absolute Gasteiger partial charge is 0.490 e. The number of aryl methyl sites for hydroxylation is 1. The predicted molar refractivity (Wildman–Crippen MR) is 134 cm³/mol. The van der Waals surface area contributed by atoms with Crippen LogP contribution >= 0.6 is 11.6 Å². The first kappa shape index (κ1) is 24.0. The average molecular weight is 491 g/mol. The highest BCUT2D eigenvalue weighted by Crippen LogP contribution is 2.31. The maximum Gasteiger partial charge on any atom is 0.335 e. The number of ether oxygens (including phenoxy) is 2. The smallest absolute Gasteiger partial charge is 0.335 e. The molecule has 3 aromatic rings. The highest BCUT2D eigenvalue weighted by Gasteiger charge is 2.36. The summed E-state index contributed by atoms with van der Waals surface area (Å²) in [5.41, 5.74) is 2.76. The first-order valence-corrected chi connectivity index (χ1v) is 11.4. The number of carbonyl (C=O) groups is 3. The molecule has 0 unspecified atom stereocenters. The molecule has 1 heterocycles. The molecule has 0 aromatic heterocycles. The second-order valence-corrected chi connectivity index (χ2v) is 8.29. The van der Waals surface area contributed by atoms with Crippen molar-refractivity contribution in [1.29, 1.82) is 0 Å². The van der Waals surface area contributed by atoms with Crippen LogP contribution in [-0.4, -0.2) is 24.5 Å². The molecule has 0 aliphatic carbocycles. The highest BCUT2D eigenvalue weighted by atomic mass is 35.5. The van der Waals surface area contributed by atoms with Gasteiger partial charge in [0.25, 0.3) is 11.8 Å². The first-order valence-electron chi connectivity index (χ1n) is 11.0. The molecular formula is C27H23ClN2O5. The van der Waals surface area contributed by atoms with E-state index in [1.807, 2.05) is 38.1 Å². The number of carbonyl (C=O) groups excluding carboxylic acids is 3. The van der Waals surface area contributed by atoms with Crippen LogP contribution in [0.4, 0.5) is 10.5 Å². The van der Waals surface area contributed by atoms with Crippen molar-refractivity contribution in [3.8, 4) is 11.5 Å². The SMILES string of the molecule is CCOc1cc(/C=C2\C(=O)NC(=O)N(c3cccc(Cl)c3)C2=O)ccc1OCc1cccc(C)c1. The number of hydrogen-bond donors (Lipinski definition) is 1. The van der Waals surface area contributed by atoms with Gasteiger partial charge in [-0.15, -0.1) is 0 Å². The van der Waals surface area contributed by atoms with Crippen LogP contribution in [0.2, 0.25) is 5.02 Å². The zero-order valence-corrected chi connectivity index (χ0v) is 20.0. The molecule has 35 heavy (non-hydrogen) atoms. The van der Waals surface area contributed by atoms with E-state index >= 15 is 0 Å². The Bertz CT molecular complexity index is 1330. The molecule has 1 saturated heterocycles. The minimum absolute atomic E-state index is 0.194. The number of rotatable bonds is 7. The van der Waals surface area contributed by atoms with E-state index < -0.39 is 17.8 Å². The van der Waals surface area contributed by atoms with Gasteiger partial charge in [0.2, 0.25) is 0 Å². The molecule has 178 valence electrons. The van der Waals surface area contributed by atoms with Crippen LogP contribution in [0.15, 0.2) is 72.3 Å². The summed E-state index contributed by atoms with van der Waals surface area (Å²) < 4.78 is 11.7. The summed E-state index contributed by atoms with van der Waals surface area (Å²) in [6, 6.07) is 18.5. The van der Waals surface area contributed by atoms with Gasteiger partial charge in [-0.1, -0.05) is 53.6 Å². The molecule has 1 aliphatic rings. The van der Waals surface area contributed by atoms with Gasteiger partial charge < -0.3 is 9.47 Å². The number of nitrogens with zero attached hydrogens (tertiary/aromatic N) is 1. The quantitative estimate of drug-likeness (QED) is 0.359. The van der Waals surface area contributed by atoms with E-state index in [9.17, 15) is 14.4 Å². The Morgan fingerprint density at radius 1 is 0.943 bits per heavy atom. The number of barbiturate groups is 1. The summed E-state index contributed by atoms with van der Waals surface area (Å²) in [6.07, 6.45) is 1.41. The van der Waals surface area contributed by atoms with Crippen molar-refractivity contribution in [2.45, 2.75) is 20.5 Å². The number of anilines is 1. The van der Waals surface area contributed by atoms with Gasteiger partial charge in [-0.05, 0) is 61.4 Å². The second-order valence-electron chi connectivity index (χ2n) is 7.85. The van der Waals surface area contributed by atoms with E-state index in [2.05, 4.69) is 5.32 Å². The van der Waals surface area contributed by atoms with Gasteiger partial charge in [0.1, 0.15) is 12.2 Å². The molecule has 1 N–H and O–H groups in total. The van der Waals surface area contributed by atoms with E-state index in [0.717, 1.165) is 16.0 Å². The lowest BCUT2D eigenvalue weighted by Crippen LogP contribution is -2.54. The lowest BCUT2D eigenvalue weighted by Gasteiger charge is -2.26.